The monoisotopic (exact) mass is 254 g/mol. The van der Waals surface area contributed by atoms with Gasteiger partial charge in [-0.15, -0.1) is 0 Å². The topological polar surface area (TPSA) is 32.3 Å². The van der Waals surface area contributed by atoms with E-state index in [4.69, 9.17) is 0 Å². The first-order valence-corrected chi connectivity index (χ1v) is 7.41. The summed E-state index contributed by atoms with van der Waals surface area (Å²) in [7, 11) is 1.97. The van der Waals surface area contributed by atoms with E-state index in [1.165, 1.54) is 0 Å². The van der Waals surface area contributed by atoms with Crippen LogP contribution >= 0.6 is 0 Å². The highest BCUT2D eigenvalue weighted by Gasteiger charge is 2.40. The van der Waals surface area contributed by atoms with Gasteiger partial charge in [0.2, 0.25) is 5.91 Å². The highest BCUT2D eigenvalue weighted by molar-refractivity contribution is 5.83. The normalized spacial score (nSPS) is 26.1. The summed E-state index contributed by atoms with van der Waals surface area (Å²) >= 11 is 0. The lowest BCUT2D eigenvalue weighted by Crippen LogP contribution is -2.52. The molecule has 2 unspecified atom stereocenters. The van der Waals surface area contributed by atoms with Gasteiger partial charge in [0.1, 0.15) is 0 Å². The molecule has 0 aromatic rings. The smallest absolute Gasteiger partial charge is 0.230 e. The van der Waals surface area contributed by atoms with Gasteiger partial charge in [-0.2, -0.15) is 0 Å². The first-order valence-electron chi connectivity index (χ1n) is 7.41. The van der Waals surface area contributed by atoms with Crippen LogP contribution in [-0.2, 0) is 4.79 Å². The maximum absolute atomic E-state index is 12.8. The minimum absolute atomic E-state index is 0.155. The van der Waals surface area contributed by atoms with E-state index in [0.29, 0.717) is 17.9 Å². The molecule has 1 aliphatic heterocycles. The van der Waals surface area contributed by atoms with E-state index in [-0.39, 0.29) is 5.41 Å². The molecule has 2 atom stereocenters. The summed E-state index contributed by atoms with van der Waals surface area (Å²) < 4.78 is 0. The quantitative estimate of drug-likeness (QED) is 0.818. The minimum Gasteiger partial charge on any atom is -0.343 e. The molecule has 1 saturated heterocycles. The largest absolute Gasteiger partial charge is 0.343 e. The zero-order chi connectivity index (χ0) is 13.8. The lowest BCUT2D eigenvalue weighted by molar-refractivity contribution is -0.144. The Hall–Kier alpha value is -0.570. The second-order valence-electron chi connectivity index (χ2n) is 6.31. The van der Waals surface area contributed by atoms with Crippen molar-refractivity contribution in [2.45, 2.75) is 59.4 Å². The summed E-state index contributed by atoms with van der Waals surface area (Å²) in [5.74, 6) is 0.975. The molecule has 1 N–H and O–H groups in total. The van der Waals surface area contributed by atoms with Gasteiger partial charge in [0.15, 0.2) is 0 Å². The molecule has 3 heteroatoms. The summed E-state index contributed by atoms with van der Waals surface area (Å²) in [6.07, 6.45) is 4.17. The zero-order valence-corrected chi connectivity index (χ0v) is 12.8. The van der Waals surface area contributed by atoms with Crippen LogP contribution in [0.4, 0.5) is 0 Å². The maximum atomic E-state index is 12.8. The van der Waals surface area contributed by atoms with Gasteiger partial charge in [0, 0.05) is 19.6 Å². The van der Waals surface area contributed by atoms with Crippen molar-refractivity contribution in [1.82, 2.24) is 10.2 Å². The molecule has 1 fully saturated rings. The number of rotatable bonds is 5. The molecule has 18 heavy (non-hydrogen) atoms. The Kier molecular flexibility index (Phi) is 5.64. The molecule has 3 nitrogen and oxygen atoms in total. The van der Waals surface area contributed by atoms with E-state index in [0.717, 1.165) is 38.8 Å². The van der Waals surface area contributed by atoms with Crippen molar-refractivity contribution in [3.8, 4) is 0 Å². The molecule has 1 aliphatic rings. The fraction of sp³-hybridized carbons (Fsp3) is 0.933. The molecular weight excluding hydrogens is 224 g/mol. The molecule has 0 aliphatic carbocycles. The van der Waals surface area contributed by atoms with Crippen molar-refractivity contribution in [1.29, 1.82) is 0 Å². The summed E-state index contributed by atoms with van der Waals surface area (Å²) in [6, 6.07) is 0.336. The highest BCUT2D eigenvalue weighted by atomic mass is 16.2. The van der Waals surface area contributed by atoms with Crippen LogP contribution < -0.4 is 5.32 Å². The first-order chi connectivity index (χ1) is 8.43. The number of carbonyl (C=O) groups is 1. The summed E-state index contributed by atoms with van der Waals surface area (Å²) in [4.78, 5) is 14.7. The third kappa shape index (κ3) is 3.47. The van der Waals surface area contributed by atoms with E-state index >= 15 is 0 Å². The third-order valence-corrected chi connectivity index (χ3v) is 4.40. The molecule has 1 heterocycles. The van der Waals surface area contributed by atoms with E-state index < -0.39 is 0 Å². The van der Waals surface area contributed by atoms with Crippen LogP contribution in [-0.4, -0.2) is 37.0 Å². The van der Waals surface area contributed by atoms with E-state index in [1.807, 2.05) is 11.9 Å². The van der Waals surface area contributed by atoms with Crippen LogP contribution in [0.5, 0.6) is 0 Å². The van der Waals surface area contributed by atoms with Gasteiger partial charge in [-0.3, -0.25) is 4.79 Å². The molecule has 0 aromatic carbocycles. The van der Waals surface area contributed by atoms with Crippen LogP contribution in [0.3, 0.4) is 0 Å². The van der Waals surface area contributed by atoms with Gasteiger partial charge in [-0.25, -0.2) is 0 Å². The Morgan fingerprint density at radius 2 is 2.06 bits per heavy atom. The second kappa shape index (κ2) is 6.55. The Labute approximate surface area is 112 Å². The van der Waals surface area contributed by atoms with Gasteiger partial charge in [0.25, 0.3) is 0 Å². The van der Waals surface area contributed by atoms with Crippen molar-refractivity contribution in [2.75, 3.05) is 20.1 Å². The lowest BCUT2D eigenvalue weighted by Gasteiger charge is -2.40. The molecule has 0 bridgehead atoms. The standard InChI is InChI=1S/C15H30N2O/c1-6-15(8-7-9-16-11-15)14(18)17(5)13(4)10-12(2)3/h12-13,16H,6-11H2,1-5H3. The second-order valence-corrected chi connectivity index (χ2v) is 6.31. The summed E-state index contributed by atoms with van der Waals surface area (Å²) in [5.41, 5.74) is -0.155. The highest BCUT2D eigenvalue weighted by Crippen LogP contribution is 2.33. The van der Waals surface area contributed by atoms with Gasteiger partial charge in [0.05, 0.1) is 5.41 Å². The van der Waals surface area contributed by atoms with Crippen LogP contribution in [0.15, 0.2) is 0 Å². The van der Waals surface area contributed by atoms with E-state index in [9.17, 15) is 4.79 Å². The van der Waals surface area contributed by atoms with Gasteiger partial charge in [-0.05, 0) is 45.1 Å². The molecule has 1 rings (SSSR count). The van der Waals surface area contributed by atoms with Gasteiger partial charge in [-0.1, -0.05) is 20.8 Å². The molecule has 0 spiro atoms. The Morgan fingerprint density at radius 1 is 1.39 bits per heavy atom. The Bertz CT molecular complexity index is 270. The first kappa shape index (κ1) is 15.5. The molecular formula is C15H30N2O. The lowest BCUT2D eigenvalue weighted by atomic mass is 9.77. The van der Waals surface area contributed by atoms with Gasteiger partial charge >= 0.3 is 0 Å². The molecule has 0 radical (unpaired) electrons. The number of amides is 1. The van der Waals surface area contributed by atoms with Crippen LogP contribution in [0, 0.1) is 11.3 Å². The minimum atomic E-state index is -0.155. The predicted octanol–water partition coefficient (Wildman–Crippen LogP) is 2.66. The molecule has 1 amide bonds. The average Bonchev–Trinajstić information content (AvgIpc) is 2.37. The molecule has 0 saturated carbocycles. The Balaban J connectivity index is 2.70. The zero-order valence-electron chi connectivity index (χ0n) is 12.8. The SMILES string of the molecule is CCC1(C(=O)N(C)C(C)CC(C)C)CCCNC1. The van der Waals surface area contributed by atoms with E-state index in [2.05, 4.69) is 33.0 Å². The maximum Gasteiger partial charge on any atom is 0.230 e. The predicted molar refractivity (Wildman–Crippen MR) is 76.5 cm³/mol. The number of piperidine rings is 1. The van der Waals surface area contributed by atoms with Crippen molar-refractivity contribution in [2.24, 2.45) is 11.3 Å². The number of hydrogen-bond acceptors (Lipinski definition) is 2. The van der Waals surface area contributed by atoms with Gasteiger partial charge < -0.3 is 10.2 Å². The average molecular weight is 254 g/mol. The summed E-state index contributed by atoms with van der Waals surface area (Å²) in [6.45, 7) is 10.6. The third-order valence-electron chi connectivity index (χ3n) is 4.40. The number of carbonyl (C=O) groups excluding carboxylic acids is 1. The summed E-state index contributed by atoms with van der Waals surface area (Å²) in [5, 5.41) is 3.39. The van der Waals surface area contributed by atoms with Crippen molar-refractivity contribution < 1.29 is 4.79 Å². The number of nitrogens with zero attached hydrogens (tertiary/aromatic N) is 1. The molecule has 106 valence electrons. The van der Waals surface area contributed by atoms with Crippen molar-refractivity contribution >= 4 is 5.91 Å². The van der Waals surface area contributed by atoms with Crippen LogP contribution in [0.2, 0.25) is 0 Å². The van der Waals surface area contributed by atoms with E-state index in [1.54, 1.807) is 0 Å². The van der Waals surface area contributed by atoms with Crippen molar-refractivity contribution in [3.05, 3.63) is 0 Å². The fourth-order valence-electron chi connectivity index (χ4n) is 3.02. The van der Waals surface area contributed by atoms with Crippen molar-refractivity contribution in [3.63, 3.8) is 0 Å². The molecule has 0 aromatic heterocycles. The fourth-order valence-corrected chi connectivity index (χ4v) is 3.02. The number of nitrogens with one attached hydrogen (secondary N) is 1. The number of hydrogen-bond donors (Lipinski definition) is 1. The van der Waals surface area contributed by atoms with Crippen LogP contribution in [0.1, 0.15) is 53.4 Å². The Morgan fingerprint density at radius 3 is 2.50 bits per heavy atom. The van der Waals surface area contributed by atoms with Crippen LogP contribution in [0.25, 0.3) is 0 Å².